The number of nitrogens with two attached hydrogens (primary N) is 1. The normalized spacial score (nSPS) is 10.4. The fraction of sp³-hybridized carbons (Fsp3) is 0.308. The molecule has 0 radical (unpaired) electrons. The third kappa shape index (κ3) is 2.47. The van der Waals surface area contributed by atoms with Gasteiger partial charge in [0.15, 0.2) is 0 Å². The lowest BCUT2D eigenvalue weighted by molar-refractivity contribution is 0.394. The van der Waals surface area contributed by atoms with Crippen LogP contribution in [-0.2, 0) is 6.54 Å². The Morgan fingerprint density at radius 3 is 2.28 bits per heavy atom. The van der Waals surface area contributed by atoms with E-state index in [2.05, 4.69) is 4.98 Å². The van der Waals surface area contributed by atoms with Crippen molar-refractivity contribution in [1.29, 1.82) is 0 Å². The Kier molecular flexibility index (Phi) is 3.84. The maximum Gasteiger partial charge on any atom is 0.123 e. The predicted molar refractivity (Wildman–Crippen MR) is 73.3 cm³/mol. The molecule has 2 rings (SSSR count). The molecule has 0 amide bonds. The Bertz CT molecular complexity index is 530. The number of aromatic nitrogens is 1. The second kappa shape index (κ2) is 5.37. The molecule has 2 aromatic rings. The molecule has 0 saturated carbocycles. The summed E-state index contributed by atoms with van der Waals surface area (Å²) in [6, 6.07) is 5.78. The minimum atomic E-state index is 0.430. The van der Waals surface area contributed by atoms with Gasteiger partial charge >= 0.3 is 0 Å². The van der Waals surface area contributed by atoms with E-state index >= 15 is 0 Å². The molecule has 1 aromatic carbocycles. The van der Waals surface area contributed by atoms with Gasteiger partial charge in [-0.2, -0.15) is 0 Å². The van der Waals surface area contributed by atoms with Gasteiger partial charge in [0.25, 0.3) is 0 Å². The van der Waals surface area contributed by atoms with Crippen LogP contribution in [0.3, 0.4) is 0 Å². The smallest absolute Gasteiger partial charge is 0.123 e. The predicted octanol–water partition coefficient (Wildman–Crippen LogP) is 2.59. The fourth-order valence-corrected chi connectivity index (χ4v) is 2.71. The summed E-state index contributed by atoms with van der Waals surface area (Å²) < 4.78 is 10.5. The minimum Gasteiger partial charge on any atom is -0.497 e. The van der Waals surface area contributed by atoms with Gasteiger partial charge in [-0.1, -0.05) is 0 Å². The third-order valence-corrected chi connectivity index (χ3v) is 3.67. The summed E-state index contributed by atoms with van der Waals surface area (Å²) in [6.45, 7) is 2.41. The highest BCUT2D eigenvalue weighted by Crippen LogP contribution is 2.35. The Balaban J connectivity index is 2.54. The van der Waals surface area contributed by atoms with Crippen molar-refractivity contribution < 1.29 is 9.47 Å². The zero-order valence-corrected chi connectivity index (χ0v) is 11.5. The first kappa shape index (κ1) is 12.9. The van der Waals surface area contributed by atoms with Gasteiger partial charge in [0.05, 0.1) is 29.8 Å². The number of hydrogen-bond donors (Lipinski definition) is 1. The van der Waals surface area contributed by atoms with Crippen LogP contribution in [0.1, 0.15) is 10.7 Å². The SMILES string of the molecule is COc1cc(OC)cc(-c2sc(C)nc2CN)c1. The van der Waals surface area contributed by atoms with Gasteiger partial charge in [0, 0.05) is 18.2 Å². The first-order valence-corrected chi connectivity index (χ1v) is 6.39. The van der Waals surface area contributed by atoms with Crippen LogP contribution in [0.4, 0.5) is 0 Å². The molecule has 96 valence electrons. The Hall–Kier alpha value is -1.59. The van der Waals surface area contributed by atoms with E-state index in [1.807, 2.05) is 25.1 Å². The van der Waals surface area contributed by atoms with Gasteiger partial charge in [-0.3, -0.25) is 0 Å². The minimum absolute atomic E-state index is 0.430. The molecule has 2 N–H and O–H groups in total. The largest absolute Gasteiger partial charge is 0.497 e. The molecule has 0 aliphatic rings. The molecule has 1 heterocycles. The number of nitrogens with zero attached hydrogens (tertiary/aromatic N) is 1. The number of aryl methyl sites for hydroxylation is 1. The van der Waals surface area contributed by atoms with E-state index in [1.165, 1.54) is 0 Å². The van der Waals surface area contributed by atoms with Crippen molar-refractivity contribution in [2.45, 2.75) is 13.5 Å². The molecule has 0 unspecified atom stereocenters. The van der Waals surface area contributed by atoms with Crippen molar-refractivity contribution >= 4 is 11.3 Å². The maximum absolute atomic E-state index is 5.72. The molecule has 0 bridgehead atoms. The monoisotopic (exact) mass is 264 g/mol. The van der Waals surface area contributed by atoms with Crippen LogP contribution in [0.15, 0.2) is 18.2 Å². The lowest BCUT2D eigenvalue weighted by Gasteiger charge is -2.08. The molecular weight excluding hydrogens is 248 g/mol. The summed E-state index contributed by atoms with van der Waals surface area (Å²) in [4.78, 5) is 5.50. The summed E-state index contributed by atoms with van der Waals surface area (Å²) in [5, 5.41) is 1.01. The van der Waals surface area contributed by atoms with Crippen LogP contribution in [0.25, 0.3) is 10.4 Å². The molecule has 0 fully saturated rings. The molecule has 0 atom stereocenters. The van der Waals surface area contributed by atoms with Crippen LogP contribution < -0.4 is 15.2 Å². The topological polar surface area (TPSA) is 57.4 Å². The van der Waals surface area contributed by atoms with Crippen LogP contribution in [0, 0.1) is 6.92 Å². The summed E-state index contributed by atoms with van der Waals surface area (Å²) in [5.74, 6) is 1.52. The Labute approximate surface area is 110 Å². The molecule has 5 heteroatoms. The third-order valence-electron chi connectivity index (χ3n) is 2.61. The average molecular weight is 264 g/mol. The van der Waals surface area contributed by atoms with E-state index in [1.54, 1.807) is 25.6 Å². The summed E-state index contributed by atoms with van der Waals surface area (Å²) >= 11 is 1.63. The molecule has 4 nitrogen and oxygen atoms in total. The molecule has 0 aliphatic carbocycles. The fourth-order valence-electron chi connectivity index (χ4n) is 1.77. The van der Waals surface area contributed by atoms with Gasteiger partial charge in [0.1, 0.15) is 11.5 Å². The van der Waals surface area contributed by atoms with Crippen molar-refractivity contribution in [2.24, 2.45) is 5.73 Å². The van der Waals surface area contributed by atoms with E-state index in [0.717, 1.165) is 32.6 Å². The van der Waals surface area contributed by atoms with Gasteiger partial charge in [-0.25, -0.2) is 4.98 Å². The molecule has 1 aromatic heterocycles. The molecule has 0 spiro atoms. The average Bonchev–Trinajstić information content (AvgIpc) is 2.79. The molecule has 0 saturated heterocycles. The Morgan fingerprint density at radius 1 is 1.17 bits per heavy atom. The first-order valence-electron chi connectivity index (χ1n) is 5.57. The quantitative estimate of drug-likeness (QED) is 0.922. The van der Waals surface area contributed by atoms with E-state index < -0.39 is 0 Å². The van der Waals surface area contributed by atoms with Gasteiger partial charge in [-0.05, 0) is 19.1 Å². The van der Waals surface area contributed by atoms with E-state index in [4.69, 9.17) is 15.2 Å². The highest BCUT2D eigenvalue weighted by Gasteiger charge is 2.12. The van der Waals surface area contributed by atoms with Gasteiger partial charge < -0.3 is 15.2 Å². The van der Waals surface area contributed by atoms with Crippen molar-refractivity contribution in [3.05, 3.63) is 28.9 Å². The zero-order valence-electron chi connectivity index (χ0n) is 10.7. The number of thiazole rings is 1. The van der Waals surface area contributed by atoms with Crippen molar-refractivity contribution in [3.8, 4) is 21.9 Å². The Morgan fingerprint density at radius 2 is 1.78 bits per heavy atom. The number of ether oxygens (including phenoxy) is 2. The van der Waals surface area contributed by atoms with E-state index in [0.29, 0.717) is 6.54 Å². The number of benzene rings is 1. The lowest BCUT2D eigenvalue weighted by atomic mass is 10.1. The zero-order chi connectivity index (χ0) is 13.1. The highest BCUT2D eigenvalue weighted by atomic mass is 32.1. The maximum atomic E-state index is 5.72. The van der Waals surface area contributed by atoms with Crippen LogP contribution in [0.2, 0.25) is 0 Å². The number of hydrogen-bond acceptors (Lipinski definition) is 5. The van der Waals surface area contributed by atoms with Gasteiger partial charge in [0.2, 0.25) is 0 Å². The van der Waals surface area contributed by atoms with Crippen molar-refractivity contribution in [3.63, 3.8) is 0 Å². The highest BCUT2D eigenvalue weighted by molar-refractivity contribution is 7.15. The summed E-state index contributed by atoms with van der Waals surface area (Å²) in [6.07, 6.45) is 0. The van der Waals surface area contributed by atoms with E-state index in [-0.39, 0.29) is 0 Å². The van der Waals surface area contributed by atoms with Crippen LogP contribution in [0.5, 0.6) is 11.5 Å². The standard InChI is InChI=1S/C13H16N2O2S/c1-8-15-12(7-14)13(18-8)9-4-10(16-2)6-11(5-9)17-3/h4-6H,7,14H2,1-3H3. The second-order valence-corrected chi connectivity index (χ2v) is 5.02. The van der Waals surface area contributed by atoms with Crippen LogP contribution >= 0.6 is 11.3 Å². The summed E-state index contributed by atoms with van der Waals surface area (Å²) in [7, 11) is 3.28. The van der Waals surface area contributed by atoms with Crippen molar-refractivity contribution in [1.82, 2.24) is 4.98 Å². The molecular formula is C13H16N2O2S. The number of methoxy groups -OCH3 is 2. The molecule has 0 aliphatic heterocycles. The second-order valence-electron chi connectivity index (χ2n) is 3.81. The number of rotatable bonds is 4. The van der Waals surface area contributed by atoms with Crippen molar-refractivity contribution in [2.75, 3.05) is 14.2 Å². The lowest BCUT2D eigenvalue weighted by Crippen LogP contribution is -1.98. The van der Waals surface area contributed by atoms with Gasteiger partial charge in [-0.15, -0.1) is 11.3 Å². The summed E-state index contributed by atoms with van der Waals surface area (Å²) in [5.41, 5.74) is 7.66. The van der Waals surface area contributed by atoms with E-state index in [9.17, 15) is 0 Å². The van der Waals surface area contributed by atoms with Crippen LogP contribution in [-0.4, -0.2) is 19.2 Å². The first-order chi connectivity index (χ1) is 8.67. The molecule has 18 heavy (non-hydrogen) atoms.